The minimum absolute atomic E-state index is 0.137. The summed E-state index contributed by atoms with van der Waals surface area (Å²) >= 11 is 1.30. The normalized spacial score (nSPS) is 11.1. The number of carbonyl (C=O) groups is 1. The van der Waals surface area contributed by atoms with Crippen molar-refractivity contribution >= 4 is 23.5 Å². The zero-order chi connectivity index (χ0) is 18.7. The molecule has 0 radical (unpaired) electrons. The molecule has 0 bridgehead atoms. The summed E-state index contributed by atoms with van der Waals surface area (Å²) in [5.41, 5.74) is 2.90. The first kappa shape index (κ1) is 18.1. The number of rotatable bonds is 6. The Morgan fingerprint density at radius 3 is 2.65 bits per heavy atom. The van der Waals surface area contributed by atoms with Crippen LogP contribution in [0.5, 0.6) is 0 Å². The van der Waals surface area contributed by atoms with E-state index in [1.54, 1.807) is 9.36 Å². The van der Waals surface area contributed by atoms with Gasteiger partial charge in [-0.05, 0) is 50.3 Å². The molecule has 26 heavy (non-hydrogen) atoms. The number of hydrogen-bond acceptors (Lipinski definition) is 6. The molecule has 0 aliphatic heterocycles. The van der Waals surface area contributed by atoms with Gasteiger partial charge < -0.3 is 5.32 Å². The summed E-state index contributed by atoms with van der Waals surface area (Å²) in [4.78, 5) is 12.4. The van der Waals surface area contributed by atoms with Crippen LogP contribution in [0.2, 0.25) is 0 Å². The minimum atomic E-state index is -0.137. The van der Waals surface area contributed by atoms with Crippen LogP contribution >= 0.6 is 11.8 Å². The summed E-state index contributed by atoms with van der Waals surface area (Å²) in [6.07, 6.45) is 0. The molecule has 0 saturated carbocycles. The van der Waals surface area contributed by atoms with Crippen LogP contribution in [-0.2, 0) is 4.79 Å². The van der Waals surface area contributed by atoms with Crippen LogP contribution in [0.15, 0.2) is 35.5 Å². The van der Waals surface area contributed by atoms with Crippen molar-refractivity contribution in [3.05, 3.63) is 41.6 Å². The van der Waals surface area contributed by atoms with Gasteiger partial charge in [-0.2, -0.15) is 5.10 Å². The van der Waals surface area contributed by atoms with Gasteiger partial charge in [0, 0.05) is 6.07 Å². The van der Waals surface area contributed by atoms with Crippen molar-refractivity contribution in [3.63, 3.8) is 0 Å². The molecule has 0 aliphatic carbocycles. The lowest BCUT2D eigenvalue weighted by atomic mass is 10.2. The van der Waals surface area contributed by atoms with Gasteiger partial charge in [0.15, 0.2) is 0 Å². The van der Waals surface area contributed by atoms with Crippen molar-refractivity contribution in [1.29, 1.82) is 0 Å². The average molecular weight is 371 g/mol. The molecule has 0 atom stereocenters. The van der Waals surface area contributed by atoms with Crippen LogP contribution in [-0.4, -0.2) is 41.6 Å². The van der Waals surface area contributed by atoms with Crippen LogP contribution in [0.4, 0.5) is 5.82 Å². The number of tetrazole rings is 1. The van der Waals surface area contributed by atoms with Gasteiger partial charge in [-0.1, -0.05) is 29.5 Å². The van der Waals surface area contributed by atoms with E-state index in [4.69, 9.17) is 0 Å². The molecule has 0 aliphatic rings. The summed E-state index contributed by atoms with van der Waals surface area (Å²) in [7, 11) is 0. The van der Waals surface area contributed by atoms with Gasteiger partial charge in [0.1, 0.15) is 5.82 Å². The van der Waals surface area contributed by atoms with Gasteiger partial charge in [0.25, 0.3) is 0 Å². The maximum absolute atomic E-state index is 12.4. The van der Waals surface area contributed by atoms with Crippen LogP contribution in [0.25, 0.3) is 5.69 Å². The number of hydrogen-bond donors (Lipinski definition) is 1. The molecule has 9 heteroatoms. The SMILES string of the molecule is Cc1ccc(-n2nc(C)cc2NC(=O)CSc2nnnn2C(C)C)cc1. The number of thioether (sulfide) groups is 1. The Bertz CT molecular complexity index is 898. The number of carbonyl (C=O) groups excluding carboxylic acids is 1. The third kappa shape index (κ3) is 4.10. The van der Waals surface area contributed by atoms with Gasteiger partial charge >= 0.3 is 0 Å². The standard InChI is InChI=1S/C17H21N7OS/c1-11(2)23-17(19-21-22-23)26-10-16(25)18-15-9-13(4)20-24(15)14-7-5-12(3)6-8-14/h5-9,11H,10H2,1-4H3,(H,18,25). The van der Waals surface area contributed by atoms with Crippen molar-refractivity contribution in [1.82, 2.24) is 30.0 Å². The van der Waals surface area contributed by atoms with E-state index < -0.39 is 0 Å². The first-order chi connectivity index (χ1) is 12.4. The maximum Gasteiger partial charge on any atom is 0.236 e. The number of nitrogens with zero attached hydrogens (tertiary/aromatic N) is 6. The summed E-state index contributed by atoms with van der Waals surface area (Å²) in [5.74, 6) is 0.715. The highest BCUT2D eigenvalue weighted by Crippen LogP contribution is 2.20. The minimum Gasteiger partial charge on any atom is -0.310 e. The van der Waals surface area contributed by atoms with Crippen LogP contribution < -0.4 is 5.32 Å². The fourth-order valence-corrected chi connectivity index (χ4v) is 3.19. The fraction of sp³-hybridized carbons (Fsp3) is 0.353. The monoisotopic (exact) mass is 371 g/mol. The molecule has 136 valence electrons. The smallest absolute Gasteiger partial charge is 0.236 e. The number of benzene rings is 1. The lowest BCUT2D eigenvalue weighted by molar-refractivity contribution is -0.113. The lowest BCUT2D eigenvalue weighted by Crippen LogP contribution is -2.17. The van der Waals surface area contributed by atoms with Crippen molar-refractivity contribution < 1.29 is 4.79 Å². The van der Waals surface area contributed by atoms with E-state index in [1.807, 2.05) is 58.0 Å². The van der Waals surface area contributed by atoms with Crippen LogP contribution in [0.1, 0.15) is 31.1 Å². The van der Waals surface area contributed by atoms with Crippen LogP contribution in [0.3, 0.4) is 0 Å². The second-order valence-corrected chi connectivity index (χ2v) is 7.20. The highest BCUT2D eigenvalue weighted by molar-refractivity contribution is 7.99. The average Bonchev–Trinajstić information content (AvgIpc) is 3.20. The quantitative estimate of drug-likeness (QED) is 0.670. The molecular formula is C17H21N7OS. The Hall–Kier alpha value is -2.68. The number of aryl methyl sites for hydroxylation is 2. The largest absolute Gasteiger partial charge is 0.310 e. The molecule has 1 aromatic carbocycles. The van der Waals surface area contributed by atoms with Gasteiger partial charge in [0.2, 0.25) is 11.1 Å². The van der Waals surface area contributed by atoms with E-state index in [0.29, 0.717) is 11.0 Å². The van der Waals surface area contributed by atoms with Gasteiger partial charge in [-0.3, -0.25) is 4.79 Å². The Morgan fingerprint density at radius 2 is 1.96 bits per heavy atom. The Kier molecular flexibility index (Phi) is 5.36. The molecule has 1 amide bonds. The van der Waals surface area contributed by atoms with Crippen molar-refractivity contribution in [2.45, 2.75) is 38.9 Å². The molecule has 1 N–H and O–H groups in total. The predicted octanol–water partition coefficient (Wildman–Crippen LogP) is 2.79. The predicted molar refractivity (Wildman–Crippen MR) is 101 cm³/mol. The van der Waals surface area contributed by atoms with E-state index >= 15 is 0 Å². The molecular weight excluding hydrogens is 350 g/mol. The van der Waals surface area contributed by atoms with Crippen LogP contribution in [0, 0.1) is 13.8 Å². The van der Waals surface area contributed by atoms with E-state index in [0.717, 1.165) is 11.4 Å². The Balaban J connectivity index is 1.70. The van der Waals surface area contributed by atoms with Crippen molar-refractivity contribution in [2.75, 3.05) is 11.1 Å². The molecule has 3 rings (SSSR count). The molecule has 0 saturated heterocycles. The molecule has 2 aromatic heterocycles. The second-order valence-electron chi connectivity index (χ2n) is 6.25. The van der Waals surface area contributed by atoms with Crippen molar-refractivity contribution in [2.24, 2.45) is 0 Å². The highest BCUT2D eigenvalue weighted by atomic mass is 32.2. The molecule has 0 unspecified atom stereocenters. The second kappa shape index (κ2) is 7.69. The van der Waals surface area contributed by atoms with E-state index in [2.05, 4.69) is 25.9 Å². The van der Waals surface area contributed by atoms with E-state index in [9.17, 15) is 4.79 Å². The molecule has 2 heterocycles. The third-order valence-electron chi connectivity index (χ3n) is 3.66. The molecule has 0 fully saturated rings. The Morgan fingerprint density at radius 1 is 1.23 bits per heavy atom. The maximum atomic E-state index is 12.4. The summed E-state index contributed by atoms with van der Waals surface area (Å²) in [6.45, 7) is 7.90. The first-order valence-corrected chi connectivity index (χ1v) is 9.27. The summed E-state index contributed by atoms with van der Waals surface area (Å²) in [5, 5.41) is 19.6. The third-order valence-corrected chi connectivity index (χ3v) is 4.60. The summed E-state index contributed by atoms with van der Waals surface area (Å²) < 4.78 is 3.42. The Labute approximate surface area is 156 Å². The summed E-state index contributed by atoms with van der Waals surface area (Å²) in [6, 6.07) is 9.96. The first-order valence-electron chi connectivity index (χ1n) is 8.28. The molecule has 8 nitrogen and oxygen atoms in total. The van der Waals surface area contributed by atoms with E-state index in [1.165, 1.54) is 17.3 Å². The highest BCUT2D eigenvalue weighted by Gasteiger charge is 2.14. The number of nitrogens with one attached hydrogen (secondary N) is 1. The van der Waals surface area contributed by atoms with Gasteiger partial charge in [-0.15, -0.1) is 5.10 Å². The number of anilines is 1. The molecule has 3 aromatic rings. The molecule has 0 spiro atoms. The lowest BCUT2D eigenvalue weighted by Gasteiger charge is -2.10. The van der Waals surface area contributed by atoms with E-state index in [-0.39, 0.29) is 17.7 Å². The number of amides is 1. The van der Waals surface area contributed by atoms with Crippen molar-refractivity contribution in [3.8, 4) is 5.69 Å². The fourth-order valence-electron chi connectivity index (χ4n) is 2.38. The van der Waals surface area contributed by atoms with Gasteiger partial charge in [0.05, 0.1) is 23.2 Å². The van der Waals surface area contributed by atoms with Gasteiger partial charge in [-0.25, -0.2) is 9.36 Å². The topological polar surface area (TPSA) is 90.5 Å². The zero-order valence-corrected chi connectivity index (χ0v) is 16.0. The zero-order valence-electron chi connectivity index (χ0n) is 15.2. The number of aromatic nitrogens is 6.